The summed E-state index contributed by atoms with van der Waals surface area (Å²) in [5.41, 5.74) is 2.00. The monoisotopic (exact) mass is 432 g/mol. The molecule has 0 radical (unpaired) electrons. The molecule has 1 atom stereocenters. The van der Waals surface area contributed by atoms with Gasteiger partial charge >= 0.3 is 7.32 Å². The van der Waals surface area contributed by atoms with Crippen LogP contribution in [-0.2, 0) is 20.7 Å². The Hall–Kier alpha value is -3.08. The molecular weight excluding hydrogens is 409 g/mol. The molecule has 3 N–H and O–H groups in total. The van der Waals surface area contributed by atoms with Gasteiger partial charge in [-0.15, -0.1) is 0 Å². The summed E-state index contributed by atoms with van der Waals surface area (Å²) in [5, 5.41) is 20.8. The van der Waals surface area contributed by atoms with Crippen LogP contribution < -0.4 is 10.2 Å². The Morgan fingerprint density at radius 2 is 1.87 bits per heavy atom. The number of para-hydroxylation sites is 1. The third-order valence-corrected chi connectivity index (χ3v) is 4.46. The summed E-state index contributed by atoms with van der Waals surface area (Å²) in [6, 6.07) is 8.60. The minimum atomic E-state index is -2.18. The molecule has 0 aromatic heterocycles. The number of amides is 2. The normalized spacial score (nSPS) is 11.5. The zero-order valence-corrected chi connectivity index (χ0v) is 17.1. The maximum absolute atomic E-state index is 14.2. The standard InChI is InChI=1S/C21H23BF2N2O5/c1-4-20(28)26(21-16(23)6-5-7-17(21)24)12-18(27)25-19(31-22(29)30)11-15-9-8-13(2)10-14(15)3/h4-10,19,29-30H,1,11-12H2,2-3H3,(H,25,27)/t19-/m1/s1. The van der Waals surface area contributed by atoms with Crippen molar-refractivity contribution in [2.45, 2.75) is 26.5 Å². The lowest BCUT2D eigenvalue weighted by molar-refractivity contribution is -0.124. The number of aryl methyl sites for hydroxylation is 2. The lowest BCUT2D eigenvalue weighted by Gasteiger charge is -2.25. The van der Waals surface area contributed by atoms with Crippen molar-refractivity contribution in [2.24, 2.45) is 0 Å². The van der Waals surface area contributed by atoms with E-state index in [2.05, 4.69) is 11.9 Å². The molecule has 2 rings (SSSR count). The van der Waals surface area contributed by atoms with Gasteiger partial charge in [0, 0.05) is 6.42 Å². The summed E-state index contributed by atoms with van der Waals surface area (Å²) in [6.45, 7) is 6.30. The first-order chi connectivity index (χ1) is 14.6. The van der Waals surface area contributed by atoms with E-state index in [4.69, 9.17) is 4.65 Å². The molecule has 0 saturated heterocycles. The second kappa shape index (κ2) is 10.8. The third-order valence-electron chi connectivity index (χ3n) is 4.46. The van der Waals surface area contributed by atoms with Crippen molar-refractivity contribution < 1.29 is 33.1 Å². The Bertz CT molecular complexity index is 951. The topological polar surface area (TPSA) is 99.1 Å². The molecule has 10 heteroatoms. The molecule has 0 heterocycles. The zero-order chi connectivity index (χ0) is 23.1. The van der Waals surface area contributed by atoms with Crippen LogP contribution in [0.15, 0.2) is 49.1 Å². The van der Waals surface area contributed by atoms with Gasteiger partial charge in [0.15, 0.2) is 0 Å². The van der Waals surface area contributed by atoms with Crippen LogP contribution in [0, 0.1) is 25.5 Å². The van der Waals surface area contributed by atoms with Crippen molar-refractivity contribution in [2.75, 3.05) is 11.4 Å². The maximum Gasteiger partial charge on any atom is 0.635 e. The molecular formula is C21H23BF2N2O5. The molecule has 0 aliphatic rings. The van der Waals surface area contributed by atoms with E-state index in [0.717, 1.165) is 41.0 Å². The predicted molar refractivity (Wildman–Crippen MR) is 112 cm³/mol. The van der Waals surface area contributed by atoms with E-state index < -0.39 is 49.2 Å². The van der Waals surface area contributed by atoms with Crippen LogP contribution >= 0.6 is 0 Å². The Labute approximate surface area is 179 Å². The number of benzene rings is 2. The number of carbonyl (C=O) groups excluding carboxylic acids is 2. The maximum atomic E-state index is 14.2. The van der Waals surface area contributed by atoms with Crippen molar-refractivity contribution >= 4 is 24.8 Å². The van der Waals surface area contributed by atoms with Crippen LogP contribution in [0.1, 0.15) is 16.7 Å². The van der Waals surface area contributed by atoms with Gasteiger partial charge in [0.25, 0.3) is 5.91 Å². The third kappa shape index (κ3) is 6.71. The van der Waals surface area contributed by atoms with Crippen molar-refractivity contribution in [3.8, 4) is 0 Å². The number of carbonyl (C=O) groups is 2. The van der Waals surface area contributed by atoms with E-state index in [9.17, 15) is 28.4 Å². The Balaban J connectivity index is 2.22. The van der Waals surface area contributed by atoms with Gasteiger partial charge in [0.2, 0.25) is 5.91 Å². The van der Waals surface area contributed by atoms with Gasteiger partial charge in [-0.3, -0.25) is 14.5 Å². The average Bonchev–Trinajstić information content (AvgIpc) is 2.68. The van der Waals surface area contributed by atoms with Gasteiger partial charge in [-0.25, -0.2) is 8.78 Å². The quantitative estimate of drug-likeness (QED) is 0.319. The number of nitrogens with zero attached hydrogens (tertiary/aromatic N) is 1. The summed E-state index contributed by atoms with van der Waals surface area (Å²) in [5.74, 6) is -3.80. The SMILES string of the molecule is C=CC(=O)N(CC(=O)N[C@@H](Cc1ccc(C)cc1C)OB(O)O)c1c(F)cccc1F. The van der Waals surface area contributed by atoms with Gasteiger partial charge in [-0.05, 0) is 43.2 Å². The average molecular weight is 432 g/mol. The second-order valence-corrected chi connectivity index (χ2v) is 6.85. The van der Waals surface area contributed by atoms with Gasteiger partial charge in [-0.2, -0.15) is 0 Å². The molecule has 31 heavy (non-hydrogen) atoms. The molecule has 0 fully saturated rings. The first-order valence-corrected chi connectivity index (χ1v) is 9.37. The first-order valence-electron chi connectivity index (χ1n) is 9.37. The number of halogens is 2. The Morgan fingerprint density at radius 3 is 2.42 bits per heavy atom. The predicted octanol–water partition coefficient (Wildman–Crippen LogP) is 1.77. The van der Waals surface area contributed by atoms with E-state index in [-0.39, 0.29) is 6.42 Å². The fraction of sp³-hybridized carbons (Fsp3) is 0.238. The minimum absolute atomic E-state index is 0.0823. The number of hydrogen-bond donors (Lipinski definition) is 3. The number of nitrogens with one attached hydrogen (secondary N) is 1. The van der Waals surface area contributed by atoms with Crippen LogP contribution in [0.4, 0.5) is 14.5 Å². The molecule has 2 amide bonds. The van der Waals surface area contributed by atoms with Crippen LogP contribution in [0.2, 0.25) is 0 Å². The van der Waals surface area contributed by atoms with Crippen molar-refractivity contribution in [3.63, 3.8) is 0 Å². The highest BCUT2D eigenvalue weighted by atomic mass is 19.1. The molecule has 2 aromatic rings. The number of rotatable bonds is 9. The smallest absolute Gasteiger partial charge is 0.402 e. The van der Waals surface area contributed by atoms with E-state index in [1.54, 1.807) is 6.07 Å². The Kier molecular flexibility index (Phi) is 8.43. The van der Waals surface area contributed by atoms with Crippen LogP contribution in [0.5, 0.6) is 0 Å². The summed E-state index contributed by atoms with van der Waals surface area (Å²) in [6.07, 6.45) is -0.278. The molecule has 0 bridgehead atoms. The van der Waals surface area contributed by atoms with Gasteiger partial charge in [0.1, 0.15) is 30.1 Å². The van der Waals surface area contributed by atoms with Crippen LogP contribution in [-0.4, -0.2) is 42.0 Å². The van der Waals surface area contributed by atoms with Crippen molar-refractivity contribution in [1.82, 2.24) is 5.32 Å². The molecule has 164 valence electrons. The summed E-state index contributed by atoms with van der Waals surface area (Å²) in [7, 11) is -2.18. The fourth-order valence-corrected chi connectivity index (χ4v) is 3.05. The molecule has 0 aliphatic carbocycles. The molecule has 0 unspecified atom stereocenters. The molecule has 0 saturated carbocycles. The molecule has 2 aromatic carbocycles. The minimum Gasteiger partial charge on any atom is -0.402 e. The fourth-order valence-electron chi connectivity index (χ4n) is 3.05. The van der Waals surface area contributed by atoms with Crippen molar-refractivity contribution in [1.29, 1.82) is 0 Å². The highest BCUT2D eigenvalue weighted by molar-refractivity contribution is 6.32. The highest BCUT2D eigenvalue weighted by Gasteiger charge is 2.26. The van der Waals surface area contributed by atoms with Gasteiger partial charge < -0.3 is 20.0 Å². The second-order valence-electron chi connectivity index (χ2n) is 6.85. The van der Waals surface area contributed by atoms with E-state index in [1.165, 1.54) is 0 Å². The Morgan fingerprint density at radius 1 is 1.23 bits per heavy atom. The summed E-state index contributed by atoms with van der Waals surface area (Å²) < 4.78 is 33.3. The van der Waals surface area contributed by atoms with E-state index in [0.29, 0.717) is 4.90 Å². The van der Waals surface area contributed by atoms with Gasteiger partial charge in [-0.1, -0.05) is 36.4 Å². The first kappa shape index (κ1) is 24.2. The number of hydrogen-bond acceptors (Lipinski definition) is 5. The molecule has 7 nitrogen and oxygen atoms in total. The largest absolute Gasteiger partial charge is 0.635 e. The zero-order valence-electron chi connectivity index (χ0n) is 17.1. The lowest BCUT2D eigenvalue weighted by atomic mass is 10.0. The van der Waals surface area contributed by atoms with Gasteiger partial charge in [0.05, 0.1) is 0 Å². The van der Waals surface area contributed by atoms with E-state index in [1.807, 2.05) is 26.0 Å². The van der Waals surface area contributed by atoms with Crippen LogP contribution in [0.25, 0.3) is 0 Å². The summed E-state index contributed by atoms with van der Waals surface area (Å²) in [4.78, 5) is 25.3. The van der Waals surface area contributed by atoms with E-state index >= 15 is 0 Å². The lowest BCUT2D eigenvalue weighted by Crippen LogP contribution is -2.47. The van der Waals surface area contributed by atoms with Crippen molar-refractivity contribution in [3.05, 3.63) is 77.4 Å². The summed E-state index contributed by atoms with van der Waals surface area (Å²) >= 11 is 0. The molecule has 0 spiro atoms. The number of anilines is 1. The highest BCUT2D eigenvalue weighted by Crippen LogP contribution is 2.23. The molecule has 0 aliphatic heterocycles. The van der Waals surface area contributed by atoms with Crippen LogP contribution in [0.3, 0.4) is 0 Å².